The number of amides is 1. The summed E-state index contributed by atoms with van der Waals surface area (Å²) in [5.41, 5.74) is 10.2. The third kappa shape index (κ3) is 6.95. The van der Waals surface area contributed by atoms with Crippen LogP contribution in [0.1, 0.15) is 79.7 Å². The highest BCUT2D eigenvalue weighted by molar-refractivity contribution is 6.35. The molecule has 0 radical (unpaired) electrons. The molecule has 0 aliphatic carbocycles. The maximum Gasteiger partial charge on any atom is 0.352 e. The van der Waals surface area contributed by atoms with E-state index >= 15 is 4.79 Å². The van der Waals surface area contributed by atoms with E-state index in [2.05, 4.69) is 26.4 Å². The Kier molecular flexibility index (Phi) is 10.6. The lowest BCUT2D eigenvalue weighted by Crippen LogP contribution is -2.43. The smallest absolute Gasteiger partial charge is 0.352 e. The van der Waals surface area contributed by atoms with Crippen molar-refractivity contribution in [2.75, 3.05) is 25.2 Å². The summed E-state index contributed by atoms with van der Waals surface area (Å²) in [5, 5.41) is 13.2. The van der Waals surface area contributed by atoms with Gasteiger partial charge in [-0.2, -0.15) is 0 Å². The normalized spacial score (nSPS) is 14.0. The second kappa shape index (κ2) is 15.7. The lowest BCUT2D eigenvalue weighted by Gasteiger charge is -2.35. The van der Waals surface area contributed by atoms with Gasteiger partial charge in [-0.3, -0.25) is 9.78 Å². The van der Waals surface area contributed by atoms with Crippen LogP contribution in [-0.4, -0.2) is 61.3 Å². The highest BCUT2D eigenvalue weighted by atomic mass is 35.5. The molecular weight excluding hydrogens is 787 g/mol. The number of pyridine rings is 1. The summed E-state index contributed by atoms with van der Waals surface area (Å²) < 4.78 is 15.9. The molecule has 4 aromatic heterocycles. The maximum atomic E-state index is 15.5. The molecule has 302 valence electrons. The first-order chi connectivity index (χ1) is 28.3. The molecule has 0 fully saturated rings. The first kappa shape index (κ1) is 39.9. The first-order valence-electron chi connectivity index (χ1n) is 19.5. The summed E-state index contributed by atoms with van der Waals surface area (Å²) in [4.78, 5) is 43.7. The van der Waals surface area contributed by atoms with Gasteiger partial charge in [0.1, 0.15) is 29.2 Å². The molecule has 1 atom stereocenters. The largest absolute Gasteiger partial charge is 0.496 e. The third-order valence-electron chi connectivity index (χ3n) is 11.3. The number of carbonyl (C=O) groups excluding carboxylic acids is 1. The van der Waals surface area contributed by atoms with E-state index in [1.807, 2.05) is 77.1 Å². The van der Waals surface area contributed by atoms with Gasteiger partial charge in [0.2, 0.25) is 0 Å². The molecule has 0 saturated carbocycles. The monoisotopic (exact) mass is 830 g/mol. The average Bonchev–Trinajstić information content (AvgIpc) is 3.74. The number of hydrogen-bond acceptors (Lipinski definition) is 7. The fourth-order valence-electron chi connectivity index (χ4n) is 8.68. The zero-order chi connectivity index (χ0) is 41.9. The van der Waals surface area contributed by atoms with E-state index < -0.39 is 5.97 Å². The van der Waals surface area contributed by atoms with E-state index in [-0.39, 0.29) is 24.2 Å². The van der Waals surface area contributed by atoms with Crippen LogP contribution in [0.15, 0.2) is 67.1 Å². The number of anilines is 1. The highest BCUT2D eigenvalue weighted by Gasteiger charge is 2.38. The fraction of sp³-hybridized carbons (Fsp3) is 0.283. The Bertz CT molecular complexity index is 2800. The second-order valence-corrected chi connectivity index (χ2v) is 16.1. The van der Waals surface area contributed by atoms with E-state index in [1.165, 1.54) is 0 Å². The van der Waals surface area contributed by atoms with Crippen LogP contribution in [0, 0.1) is 34.6 Å². The topological polar surface area (TPSA) is 125 Å². The molecule has 7 aromatic rings. The number of rotatable bonds is 11. The Hall–Kier alpha value is -5.91. The van der Waals surface area contributed by atoms with Gasteiger partial charge in [-0.25, -0.2) is 14.8 Å². The van der Waals surface area contributed by atoms with Gasteiger partial charge in [0.15, 0.2) is 0 Å². The Morgan fingerprint density at radius 1 is 0.898 bits per heavy atom. The molecule has 0 spiro atoms. The summed E-state index contributed by atoms with van der Waals surface area (Å²) >= 11 is 13.6. The van der Waals surface area contributed by atoms with Gasteiger partial charge < -0.3 is 28.6 Å². The molecule has 1 unspecified atom stereocenters. The minimum atomic E-state index is -1.10. The number of halogens is 2. The van der Waals surface area contributed by atoms with Crippen LogP contribution in [-0.2, 0) is 13.0 Å². The van der Waals surface area contributed by atoms with Gasteiger partial charge >= 0.3 is 5.97 Å². The van der Waals surface area contributed by atoms with Gasteiger partial charge in [0, 0.05) is 57.1 Å². The minimum absolute atomic E-state index is 0.0579. The van der Waals surface area contributed by atoms with Gasteiger partial charge in [0.05, 0.1) is 47.7 Å². The van der Waals surface area contributed by atoms with Crippen molar-refractivity contribution in [3.63, 3.8) is 0 Å². The lowest BCUT2D eigenvalue weighted by atomic mass is 9.97. The number of ether oxygens (including phenoxy) is 2. The molecule has 0 bridgehead atoms. The van der Waals surface area contributed by atoms with Crippen molar-refractivity contribution in [2.24, 2.45) is 0 Å². The van der Waals surface area contributed by atoms with Crippen molar-refractivity contribution >= 4 is 62.6 Å². The average molecular weight is 832 g/mol. The molecule has 1 aliphatic rings. The van der Waals surface area contributed by atoms with E-state index in [1.54, 1.807) is 41.2 Å². The van der Waals surface area contributed by atoms with E-state index in [9.17, 15) is 9.90 Å². The van der Waals surface area contributed by atoms with Crippen LogP contribution in [0.3, 0.4) is 0 Å². The minimum Gasteiger partial charge on any atom is -0.496 e. The second-order valence-electron chi connectivity index (χ2n) is 15.3. The molecule has 0 saturated heterocycles. The van der Waals surface area contributed by atoms with Gasteiger partial charge in [-0.05, 0) is 125 Å². The Balaban J connectivity index is 1.30. The number of aromatic nitrogens is 5. The number of carboxylic acids is 1. The highest BCUT2D eigenvalue weighted by Crippen LogP contribution is 2.46. The Morgan fingerprint density at radius 3 is 2.31 bits per heavy atom. The fourth-order valence-corrected chi connectivity index (χ4v) is 9.03. The number of aromatic carboxylic acids is 1. The zero-order valence-corrected chi connectivity index (χ0v) is 35.5. The molecule has 1 amide bonds. The summed E-state index contributed by atoms with van der Waals surface area (Å²) in [6, 6.07) is 16.6. The molecular formula is C46H44Cl2N6O5. The maximum absolute atomic E-state index is 15.5. The van der Waals surface area contributed by atoms with Crippen LogP contribution in [0.5, 0.6) is 11.5 Å². The van der Waals surface area contributed by atoms with Crippen LogP contribution in [0.2, 0.25) is 10.0 Å². The number of methoxy groups -OCH3 is 1. The summed E-state index contributed by atoms with van der Waals surface area (Å²) in [5.74, 6) is -0.0886. The van der Waals surface area contributed by atoms with Gasteiger partial charge in [-0.15, -0.1) is 0 Å². The van der Waals surface area contributed by atoms with E-state index in [0.29, 0.717) is 64.7 Å². The lowest BCUT2D eigenvalue weighted by molar-refractivity contribution is 0.0686. The molecule has 1 aliphatic heterocycles. The SMILES string of the molecule is COc1ccc(N2CC(C)n3c(c(CCCOc4cc(C)c(Cl)c(C)c4)c4ccc(Cl)c(-c5c(C)ncnc5C)c43)C2=O)c2c1cc(C(=O)O)n2Cc1cc(C)ccn1. The van der Waals surface area contributed by atoms with Crippen molar-refractivity contribution in [3.05, 3.63) is 128 Å². The molecule has 59 heavy (non-hydrogen) atoms. The van der Waals surface area contributed by atoms with Gasteiger partial charge in [0.25, 0.3) is 5.91 Å². The van der Waals surface area contributed by atoms with Crippen molar-refractivity contribution in [1.82, 2.24) is 24.1 Å². The quantitative estimate of drug-likeness (QED) is 0.128. The number of fused-ring (bicyclic) bond motifs is 4. The summed E-state index contributed by atoms with van der Waals surface area (Å²) in [7, 11) is 1.55. The van der Waals surface area contributed by atoms with Crippen molar-refractivity contribution in [2.45, 2.75) is 67.0 Å². The number of benzene rings is 3. The number of carboxylic acid groups (broad SMARTS) is 1. The molecule has 13 heteroatoms. The van der Waals surface area contributed by atoms with Gasteiger partial charge in [-0.1, -0.05) is 29.3 Å². The Labute approximate surface area is 352 Å². The van der Waals surface area contributed by atoms with Crippen LogP contribution in [0.4, 0.5) is 5.69 Å². The summed E-state index contributed by atoms with van der Waals surface area (Å²) in [6.07, 6.45) is 4.39. The number of aryl methyl sites for hydroxylation is 6. The standard InChI is InChI=1S/C46H44Cl2N6O5/c1-24-14-15-49-30(17-24)22-52-37(46(56)57)20-34-38(58-7)13-12-36(42(34)52)53-21-27(4)54-43-33(10-11-35(47)40(43)39-28(5)50-23-51-29(39)6)32(44(54)45(53)55)9-8-16-59-31-18-25(2)41(48)26(3)19-31/h10-15,17-20,23,27H,8-9,16,21-22H2,1-7H3,(H,56,57). The first-order valence-corrected chi connectivity index (χ1v) is 20.2. The number of nitrogens with zero attached hydrogens (tertiary/aromatic N) is 6. The zero-order valence-electron chi connectivity index (χ0n) is 34.0. The summed E-state index contributed by atoms with van der Waals surface area (Å²) in [6.45, 7) is 12.7. The van der Waals surface area contributed by atoms with Crippen molar-refractivity contribution in [3.8, 4) is 22.6 Å². The molecule has 11 nitrogen and oxygen atoms in total. The predicted molar refractivity (Wildman–Crippen MR) is 232 cm³/mol. The van der Waals surface area contributed by atoms with Crippen molar-refractivity contribution in [1.29, 1.82) is 0 Å². The number of carbonyl (C=O) groups is 2. The molecule has 8 rings (SSSR count). The van der Waals surface area contributed by atoms with E-state index in [4.69, 9.17) is 32.7 Å². The van der Waals surface area contributed by atoms with Crippen LogP contribution in [0.25, 0.3) is 32.9 Å². The molecule has 5 heterocycles. The van der Waals surface area contributed by atoms with Crippen molar-refractivity contribution < 1.29 is 24.2 Å². The van der Waals surface area contributed by atoms with Crippen LogP contribution < -0.4 is 14.4 Å². The Morgan fingerprint density at radius 2 is 1.63 bits per heavy atom. The molecule has 3 aromatic carbocycles. The number of hydrogen-bond donors (Lipinski definition) is 1. The molecule has 1 N–H and O–H groups in total. The predicted octanol–water partition coefficient (Wildman–Crippen LogP) is 10.3. The third-order valence-corrected chi connectivity index (χ3v) is 12.2. The van der Waals surface area contributed by atoms with Crippen LogP contribution >= 0.6 is 23.2 Å². The van der Waals surface area contributed by atoms with E-state index in [0.717, 1.165) is 66.4 Å².